The smallest absolute Gasteiger partial charge is 0.271 e. The lowest BCUT2D eigenvalue weighted by atomic mass is 10.2. The lowest BCUT2D eigenvalue weighted by Crippen LogP contribution is -2.02. The molecule has 2 heterocycles. The SMILES string of the molecule is CCc1nnc2nc(Nc3ccccc3)c3ccc([N+](=O)[O-])cc3n12. The highest BCUT2D eigenvalue weighted by atomic mass is 16.6. The van der Waals surface area contributed by atoms with Gasteiger partial charge in [-0.15, -0.1) is 10.2 Å². The zero-order valence-electron chi connectivity index (χ0n) is 13.4. The molecular weight excluding hydrogens is 320 g/mol. The molecule has 0 radical (unpaired) electrons. The summed E-state index contributed by atoms with van der Waals surface area (Å²) in [5.74, 6) is 1.70. The first-order valence-corrected chi connectivity index (χ1v) is 7.81. The molecule has 0 unspecified atom stereocenters. The maximum atomic E-state index is 11.2. The van der Waals surface area contributed by atoms with Crippen molar-refractivity contribution in [3.8, 4) is 0 Å². The molecule has 0 fully saturated rings. The third-order valence-electron chi connectivity index (χ3n) is 3.97. The maximum Gasteiger partial charge on any atom is 0.271 e. The number of aryl methyl sites for hydroxylation is 1. The van der Waals surface area contributed by atoms with E-state index in [0.717, 1.165) is 11.1 Å². The van der Waals surface area contributed by atoms with E-state index in [9.17, 15) is 10.1 Å². The van der Waals surface area contributed by atoms with Crippen molar-refractivity contribution < 1.29 is 4.92 Å². The molecule has 4 aromatic rings. The first-order chi connectivity index (χ1) is 12.2. The van der Waals surface area contributed by atoms with Crippen LogP contribution in [0.4, 0.5) is 17.2 Å². The van der Waals surface area contributed by atoms with Gasteiger partial charge in [0.1, 0.15) is 11.6 Å². The molecule has 0 aliphatic heterocycles. The monoisotopic (exact) mass is 334 g/mol. The number of nitro groups is 1. The van der Waals surface area contributed by atoms with E-state index in [2.05, 4.69) is 20.5 Å². The van der Waals surface area contributed by atoms with E-state index < -0.39 is 4.92 Å². The van der Waals surface area contributed by atoms with Crippen LogP contribution in [-0.4, -0.2) is 24.5 Å². The number of hydrogen-bond donors (Lipinski definition) is 1. The second-order valence-electron chi connectivity index (χ2n) is 5.52. The normalized spacial score (nSPS) is 11.1. The number of nitro benzene ring substituents is 1. The van der Waals surface area contributed by atoms with Gasteiger partial charge < -0.3 is 5.32 Å². The number of para-hydroxylation sites is 1. The molecular formula is C17H14N6O2. The number of rotatable bonds is 4. The van der Waals surface area contributed by atoms with E-state index >= 15 is 0 Å². The fourth-order valence-electron chi connectivity index (χ4n) is 2.79. The van der Waals surface area contributed by atoms with Gasteiger partial charge >= 0.3 is 0 Å². The molecule has 0 spiro atoms. The van der Waals surface area contributed by atoms with Gasteiger partial charge in [0.2, 0.25) is 0 Å². The molecule has 0 bridgehead atoms. The van der Waals surface area contributed by atoms with Crippen molar-refractivity contribution in [1.29, 1.82) is 0 Å². The molecule has 8 heteroatoms. The molecule has 2 aromatic carbocycles. The predicted octanol–water partition coefficient (Wildman–Crippen LogP) is 3.49. The molecule has 0 atom stereocenters. The molecule has 0 saturated carbocycles. The van der Waals surface area contributed by atoms with Gasteiger partial charge in [-0.1, -0.05) is 25.1 Å². The summed E-state index contributed by atoms with van der Waals surface area (Å²) in [5, 5.41) is 23.4. The summed E-state index contributed by atoms with van der Waals surface area (Å²) in [5.41, 5.74) is 1.54. The summed E-state index contributed by atoms with van der Waals surface area (Å²) in [6, 6.07) is 14.3. The Hall–Kier alpha value is -3.55. The third-order valence-corrected chi connectivity index (χ3v) is 3.97. The summed E-state index contributed by atoms with van der Waals surface area (Å²) in [7, 11) is 0. The lowest BCUT2D eigenvalue weighted by molar-refractivity contribution is -0.384. The average Bonchev–Trinajstić information content (AvgIpc) is 3.05. The van der Waals surface area contributed by atoms with E-state index in [1.807, 2.05) is 37.3 Å². The van der Waals surface area contributed by atoms with Crippen LogP contribution in [-0.2, 0) is 6.42 Å². The van der Waals surface area contributed by atoms with E-state index in [4.69, 9.17) is 0 Å². The lowest BCUT2D eigenvalue weighted by Gasteiger charge is -2.11. The molecule has 4 rings (SSSR count). The molecule has 8 nitrogen and oxygen atoms in total. The van der Waals surface area contributed by atoms with Gasteiger partial charge in [0.15, 0.2) is 0 Å². The van der Waals surface area contributed by atoms with Crippen molar-refractivity contribution in [3.63, 3.8) is 0 Å². The maximum absolute atomic E-state index is 11.2. The molecule has 2 aromatic heterocycles. The van der Waals surface area contributed by atoms with Crippen LogP contribution in [0.5, 0.6) is 0 Å². The van der Waals surface area contributed by atoms with E-state index in [-0.39, 0.29) is 5.69 Å². The van der Waals surface area contributed by atoms with Gasteiger partial charge in [-0.25, -0.2) is 0 Å². The summed E-state index contributed by atoms with van der Waals surface area (Å²) in [4.78, 5) is 15.3. The molecule has 0 amide bonds. The highest BCUT2D eigenvalue weighted by Crippen LogP contribution is 2.29. The number of anilines is 2. The van der Waals surface area contributed by atoms with E-state index in [1.165, 1.54) is 12.1 Å². The average molecular weight is 334 g/mol. The van der Waals surface area contributed by atoms with E-state index in [0.29, 0.717) is 29.4 Å². The molecule has 0 saturated heterocycles. The topological polar surface area (TPSA) is 98.2 Å². The number of nitrogens with one attached hydrogen (secondary N) is 1. The largest absolute Gasteiger partial charge is 0.340 e. The minimum atomic E-state index is -0.411. The summed E-state index contributed by atoms with van der Waals surface area (Å²) in [6.45, 7) is 1.95. The van der Waals surface area contributed by atoms with Crippen LogP contribution >= 0.6 is 0 Å². The number of benzene rings is 2. The van der Waals surface area contributed by atoms with Gasteiger partial charge in [-0.05, 0) is 18.2 Å². The summed E-state index contributed by atoms with van der Waals surface area (Å²) in [6.07, 6.45) is 0.645. The van der Waals surface area contributed by atoms with Crippen LogP contribution < -0.4 is 5.32 Å². The van der Waals surface area contributed by atoms with Crippen LogP contribution in [0.1, 0.15) is 12.7 Å². The molecule has 1 N–H and O–H groups in total. The van der Waals surface area contributed by atoms with Crippen LogP contribution in [0.15, 0.2) is 48.5 Å². The Morgan fingerprint density at radius 2 is 1.96 bits per heavy atom. The minimum absolute atomic E-state index is 0.0152. The Morgan fingerprint density at radius 3 is 2.68 bits per heavy atom. The Morgan fingerprint density at radius 1 is 1.16 bits per heavy atom. The van der Waals surface area contributed by atoms with Gasteiger partial charge in [-0.2, -0.15) is 4.98 Å². The van der Waals surface area contributed by atoms with Gasteiger partial charge in [-0.3, -0.25) is 14.5 Å². The second-order valence-corrected chi connectivity index (χ2v) is 5.52. The Kier molecular flexibility index (Phi) is 3.50. The first-order valence-electron chi connectivity index (χ1n) is 7.81. The zero-order chi connectivity index (χ0) is 17.4. The number of fused-ring (bicyclic) bond motifs is 3. The molecule has 25 heavy (non-hydrogen) atoms. The summed E-state index contributed by atoms with van der Waals surface area (Å²) >= 11 is 0. The van der Waals surface area contributed by atoms with Crippen molar-refractivity contribution in [2.75, 3.05) is 5.32 Å². The van der Waals surface area contributed by atoms with Crippen LogP contribution in [0.3, 0.4) is 0 Å². The Labute approximate surface area is 142 Å². The van der Waals surface area contributed by atoms with Crippen LogP contribution in [0.2, 0.25) is 0 Å². The van der Waals surface area contributed by atoms with Crippen molar-refractivity contribution in [3.05, 3.63) is 64.5 Å². The molecule has 0 aliphatic carbocycles. The van der Waals surface area contributed by atoms with Crippen molar-refractivity contribution in [2.24, 2.45) is 0 Å². The van der Waals surface area contributed by atoms with E-state index in [1.54, 1.807) is 10.5 Å². The fraction of sp³-hybridized carbons (Fsp3) is 0.118. The third kappa shape index (κ3) is 2.53. The number of non-ortho nitro benzene ring substituents is 1. The minimum Gasteiger partial charge on any atom is -0.340 e. The Bertz CT molecular complexity index is 1090. The highest BCUT2D eigenvalue weighted by Gasteiger charge is 2.16. The van der Waals surface area contributed by atoms with Crippen molar-refractivity contribution in [1.82, 2.24) is 19.6 Å². The van der Waals surface area contributed by atoms with Gasteiger partial charge in [0, 0.05) is 29.6 Å². The fourth-order valence-corrected chi connectivity index (χ4v) is 2.79. The Balaban J connectivity index is 2.01. The second kappa shape index (κ2) is 5.82. The first kappa shape index (κ1) is 15.0. The standard InChI is InChI=1S/C17H14N6O2/c1-2-15-20-21-17-19-16(18-11-6-4-3-5-7-11)13-9-8-12(23(24)25)10-14(13)22(15)17/h3-10H,2H2,1H3,(H,18,19,21). The van der Waals surface area contributed by atoms with Crippen molar-refractivity contribution >= 4 is 33.9 Å². The zero-order valence-corrected chi connectivity index (χ0v) is 13.4. The number of nitrogens with zero attached hydrogens (tertiary/aromatic N) is 5. The van der Waals surface area contributed by atoms with Gasteiger partial charge in [0.05, 0.1) is 10.4 Å². The number of aromatic nitrogens is 4. The number of hydrogen-bond acceptors (Lipinski definition) is 6. The molecule has 124 valence electrons. The quantitative estimate of drug-likeness (QED) is 0.453. The predicted molar refractivity (Wildman–Crippen MR) is 94.0 cm³/mol. The summed E-state index contributed by atoms with van der Waals surface area (Å²) < 4.78 is 1.76. The van der Waals surface area contributed by atoms with Gasteiger partial charge in [0.25, 0.3) is 11.5 Å². The molecule has 0 aliphatic rings. The van der Waals surface area contributed by atoms with Crippen LogP contribution in [0.25, 0.3) is 16.7 Å². The van der Waals surface area contributed by atoms with Crippen molar-refractivity contribution in [2.45, 2.75) is 13.3 Å². The highest BCUT2D eigenvalue weighted by molar-refractivity contribution is 5.94. The van der Waals surface area contributed by atoms with Crippen LogP contribution in [0, 0.1) is 10.1 Å².